The van der Waals surface area contributed by atoms with Crippen molar-refractivity contribution < 1.29 is 41.4 Å². The molecule has 0 radical (unpaired) electrons. The maximum absolute atomic E-state index is 14.7. The number of carbonyl (C=O) groups excluding carboxylic acids is 2. The molecule has 7 rings (SSSR count). The van der Waals surface area contributed by atoms with Gasteiger partial charge < -0.3 is 20.1 Å². The van der Waals surface area contributed by atoms with Gasteiger partial charge in [0.25, 0.3) is 11.8 Å². The van der Waals surface area contributed by atoms with Crippen molar-refractivity contribution in [2.24, 2.45) is 5.41 Å². The molecule has 3 fully saturated rings. The molecule has 1 aromatic heterocycles. The Labute approximate surface area is 277 Å². The molecule has 2 N–H and O–H groups in total. The number of fused-ring (bicyclic) bond motifs is 1. The molecule has 254 valence electrons. The van der Waals surface area contributed by atoms with Crippen LogP contribution in [0.3, 0.4) is 0 Å². The molecule has 0 aliphatic carbocycles. The number of pyridine rings is 1. The molecular weight excluding hydrogens is 651 g/mol. The van der Waals surface area contributed by atoms with Gasteiger partial charge in [-0.3, -0.25) is 14.6 Å². The topological polar surface area (TPSA) is 122 Å². The van der Waals surface area contributed by atoms with Crippen molar-refractivity contribution in [3.8, 4) is 17.2 Å². The van der Waals surface area contributed by atoms with E-state index in [4.69, 9.17) is 4.74 Å². The number of aromatic nitrogens is 1. The number of hydrazine groups is 1. The summed E-state index contributed by atoms with van der Waals surface area (Å²) >= 11 is 0. The zero-order valence-electron chi connectivity index (χ0n) is 26.1. The van der Waals surface area contributed by atoms with Gasteiger partial charge in [0.05, 0.1) is 41.8 Å². The van der Waals surface area contributed by atoms with Crippen LogP contribution in [-0.2, 0) is 27.0 Å². The van der Waals surface area contributed by atoms with Crippen molar-refractivity contribution in [3.63, 3.8) is 0 Å². The number of benzene rings is 2. The van der Waals surface area contributed by atoms with E-state index in [2.05, 4.69) is 16.4 Å². The zero-order valence-corrected chi connectivity index (χ0v) is 26.1. The number of hydrogen-bond acceptors (Lipinski definition) is 8. The molecule has 15 heteroatoms. The quantitative estimate of drug-likeness (QED) is 0.265. The molecule has 1 atom stereocenters. The van der Waals surface area contributed by atoms with Gasteiger partial charge in [-0.25, -0.2) is 18.8 Å². The SMILES string of the molecule is CC12CCCN1N(Cc1cccc(F)c1F)C(=O)C(C(=O)Nc1ccc(C(F)(F)F)cc1-c1cnc(N3CC4(COC4)C3)c(C#N)c1)=C2O. The van der Waals surface area contributed by atoms with Crippen LogP contribution in [0.15, 0.2) is 60.0 Å². The van der Waals surface area contributed by atoms with Crippen molar-refractivity contribution in [1.82, 2.24) is 15.0 Å². The van der Waals surface area contributed by atoms with Crippen LogP contribution in [0.1, 0.15) is 36.5 Å². The van der Waals surface area contributed by atoms with Crippen molar-refractivity contribution in [2.45, 2.75) is 38.0 Å². The lowest BCUT2D eigenvalue weighted by Crippen LogP contribution is -2.66. The largest absolute Gasteiger partial charge is 0.509 e. The zero-order chi connectivity index (χ0) is 34.9. The molecule has 0 bridgehead atoms. The number of anilines is 2. The summed E-state index contributed by atoms with van der Waals surface area (Å²) in [6, 6.07) is 9.50. The van der Waals surface area contributed by atoms with Crippen LogP contribution in [0.2, 0.25) is 0 Å². The van der Waals surface area contributed by atoms with Crippen LogP contribution < -0.4 is 10.2 Å². The molecule has 1 spiro atoms. The Balaban J connectivity index is 1.24. The maximum atomic E-state index is 14.7. The Morgan fingerprint density at radius 3 is 2.59 bits per heavy atom. The first-order valence-corrected chi connectivity index (χ1v) is 15.5. The summed E-state index contributed by atoms with van der Waals surface area (Å²) in [5.41, 5.74) is -3.22. The predicted molar refractivity (Wildman–Crippen MR) is 164 cm³/mol. The highest BCUT2D eigenvalue weighted by Crippen LogP contribution is 2.44. The van der Waals surface area contributed by atoms with Gasteiger partial charge in [-0.05, 0) is 50.1 Å². The van der Waals surface area contributed by atoms with Gasteiger partial charge in [-0.1, -0.05) is 12.1 Å². The molecule has 0 saturated carbocycles. The maximum Gasteiger partial charge on any atom is 0.416 e. The van der Waals surface area contributed by atoms with E-state index >= 15 is 0 Å². The van der Waals surface area contributed by atoms with Crippen LogP contribution in [0.5, 0.6) is 0 Å². The second-order valence-corrected chi connectivity index (χ2v) is 13.1. The number of halogens is 5. The highest BCUT2D eigenvalue weighted by molar-refractivity contribution is 6.24. The Morgan fingerprint density at radius 2 is 1.92 bits per heavy atom. The summed E-state index contributed by atoms with van der Waals surface area (Å²) in [5.74, 6) is -4.61. The van der Waals surface area contributed by atoms with E-state index < -0.39 is 58.6 Å². The van der Waals surface area contributed by atoms with Crippen LogP contribution in [-0.4, -0.2) is 70.3 Å². The van der Waals surface area contributed by atoms with Crippen LogP contribution in [0, 0.1) is 28.4 Å². The van der Waals surface area contributed by atoms with E-state index in [0.717, 1.165) is 29.3 Å². The van der Waals surface area contributed by atoms with E-state index in [1.807, 2.05) is 4.90 Å². The number of ether oxygens (including phenoxy) is 1. The van der Waals surface area contributed by atoms with Gasteiger partial charge in [0.1, 0.15) is 23.2 Å². The van der Waals surface area contributed by atoms with Gasteiger partial charge in [-0.2, -0.15) is 18.4 Å². The number of rotatable bonds is 6. The van der Waals surface area contributed by atoms with Gasteiger partial charge in [-0.15, -0.1) is 0 Å². The van der Waals surface area contributed by atoms with Gasteiger partial charge in [0.15, 0.2) is 11.6 Å². The van der Waals surface area contributed by atoms with E-state index in [9.17, 15) is 41.9 Å². The van der Waals surface area contributed by atoms with E-state index in [-0.39, 0.29) is 39.9 Å². The second-order valence-electron chi connectivity index (χ2n) is 13.1. The van der Waals surface area contributed by atoms with E-state index in [1.54, 1.807) is 6.92 Å². The number of aliphatic hydroxyl groups is 1. The Hall–Kier alpha value is -5.07. The summed E-state index contributed by atoms with van der Waals surface area (Å²) in [6.07, 6.45) is -2.63. The minimum Gasteiger partial charge on any atom is -0.509 e. The number of aliphatic hydroxyl groups excluding tert-OH is 1. The predicted octanol–water partition coefficient (Wildman–Crippen LogP) is 5.32. The van der Waals surface area contributed by atoms with Crippen LogP contribution in [0.25, 0.3) is 11.1 Å². The Bertz CT molecular complexity index is 1960. The standard InChI is InChI=1S/C34H29F5N6O4/c1-32-8-3-9-45(32)44(14-19-4-2-5-24(35)27(19)36)31(48)26(28(32)46)30(47)42-25-7-6-22(34(37,38)39)11-23(25)21-10-20(12-40)29(41-13-21)43-15-33(16-43)17-49-18-33/h2,4-7,10-11,13,46H,3,8-9,14-18H2,1H3,(H,42,47). The third kappa shape index (κ3) is 5.35. The first kappa shape index (κ1) is 32.5. The van der Waals surface area contributed by atoms with Gasteiger partial charge in [0, 0.05) is 48.2 Å². The molecule has 3 aromatic rings. The highest BCUT2D eigenvalue weighted by Gasteiger charge is 2.53. The molecule has 2 aromatic carbocycles. The fraction of sp³-hybridized carbons (Fsp3) is 0.353. The molecular formula is C34H29F5N6O4. The van der Waals surface area contributed by atoms with Gasteiger partial charge in [0.2, 0.25) is 0 Å². The molecule has 49 heavy (non-hydrogen) atoms. The third-order valence-electron chi connectivity index (χ3n) is 9.73. The van der Waals surface area contributed by atoms with E-state index in [0.29, 0.717) is 45.0 Å². The fourth-order valence-electron chi connectivity index (χ4n) is 7.06. The fourth-order valence-corrected chi connectivity index (χ4v) is 7.06. The normalized spacial score (nSPS) is 21.7. The van der Waals surface area contributed by atoms with Crippen molar-refractivity contribution in [2.75, 3.05) is 43.1 Å². The Kier molecular flexibility index (Phi) is 7.64. The highest BCUT2D eigenvalue weighted by atomic mass is 19.4. The molecule has 4 aliphatic rings. The first-order chi connectivity index (χ1) is 23.2. The van der Waals surface area contributed by atoms with Crippen molar-refractivity contribution in [3.05, 3.63) is 88.3 Å². The molecule has 3 saturated heterocycles. The lowest BCUT2D eigenvalue weighted by atomic mass is 9.78. The van der Waals surface area contributed by atoms with Gasteiger partial charge >= 0.3 is 6.18 Å². The number of nitrogens with zero attached hydrogens (tertiary/aromatic N) is 5. The van der Waals surface area contributed by atoms with Crippen LogP contribution in [0.4, 0.5) is 33.5 Å². The summed E-state index contributed by atoms with van der Waals surface area (Å²) in [6.45, 7) is 3.85. The lowest BCUT2D eigenvalue weighted by molar-refractivity contribution is -0.160. The number of alkyl halides is 3. The number of amides is 2. The molecule has 4 aliphatic heterocycles. The van der Waals surface area contributed by atoms with Crippen molar-refractivity contribution in [1.29, 1.82) is 5.26 Å². The average molecular weight is 681 g/mol. The van der Waals surface area contributed by atoms with Crippen LogP contribution >= 0.6 is 0 Å². The molecule has 10 nitrogen and oxygen atoms in total. The molecule has 5 heterocycles. The van der Waals surface area contributed by atoms with Crippen molar-refractivity contribution >= 4 is 23.3 Å². The molecule has 1 unspecified atom stereocenters. The minimum absolute atomic E-state index is 0.00991. The summed E-state index contributed by atoms with van der Waals surface area (Å²) in [4.78, 5) is 34.0. The smallest absolute Gasteiger partial charge is 0.416 e. The summed E-state index contributed by atoms with van der Waals surface area (Å²) in [5, 5.41) is 26.4. The second kappa shape index (κ2) is 11.5. The Morgan fingerprint density at radius 1 is 1.16 bits per heavy atom. The number of carbonyl (C=O) groups is 2. The number of nitrogens with one attached hydrogen (secondary N) is 1. The number of hydrogen-bond donors (Lipinski definition) is 2. The average Bonchev–Trinajstić information content (AvgIpc) is 3.42. The minimum atomic E-state index is -4.76. The lowest BCUT2D eigenvalue weighted by Gasteiger charge is -2.55. The first-order valence-electron chi connectivity index (χ1n) is 15.5. The monoisotopic (exact) mass is 680 g/mol. The summed E-state index contributed by atoms with van der Waals surface area (Å²) < 4.78 is 75.6. The summed E-state index contributed by atoms with van der Waals surface area (Å²) in [7, 11) is 0. The number of nitriles is 1. The molecule has 2 amide bonds. The third-order valence-corrected chi connectivity index (χ3v) is 9.73. The van der Waals surface area contributed by atoms with E-state index in [1.165, 1.54) is 29.4 Å².